The molecule has 1 amide bonds. The van der Waals surface area contributed by atoms with Crippen LogP contribution in [0.15, 0.2) is 0 Å². The van der Waals surface area contributed by atoms with Gasteiger partial charge in [0, 0.05) is 26.2 Å². The molecule has 1 aliphatic heterocycles. The Morgan fingerprint density at radius 1 is 1.35 bits per heavy atom. The van der Waals surface area contributed by atoms with E-state index in [1.807, 2.05) is 10.3 Å². The molecule has 0 aromatic carbocycles. The van der Waals surface area contributed by atoms with Crippen molar-refractivity contribution in [3.63, 3.8) is 0 Å². The summed E-state index contributed by atoms with van der Waals surface area (Å²) in [6.45, 7) is 2.28. The number of nitrogens with zero attached hydrogens (tertiary/aromatic N) is 2. The number of alkyl halides is 3. The number of hydrogen-bond acceptors (Lipinski definition) is 4. The molecule has 1 unspecified atom stereocenters. The predicted octanol–water partition coefficient (Wildman–Crippen LogP) is -0.455. The maximum Gasteiger partial charge on any atom is 0.401 e. The first-order chi connectivity index (χ1) is 7.83. The third-order valence-electron chi connectivity index (χ3n) is 2.88. The third-order valence-corrected chi connectivity index (χ3v) is 2.88. The third kappa shape index (κ3) is 4.49. The number of amides is 1. The van der Waals surface area contributed by atoms with Crippen LogP contribution in [-0.2, 0) is 4.79 Å². The van der Waals surface area contributed by atoms with E-state index in [0.717, 1.165) is 0 Å². The van der Waals surface area contributed by atoms with E-state index in [0.29, 0.717) is 26.2 Å². The molecule has 0 aromatic heterocycles. The molecule has 0 radical (unpaired) electrons. The lowest BCUT2D eigenvalue weighted by molar-refractivity contribution is -0.151. The van der Waals surface area contributed by atoms with Crippen LogP contribution in [-0.4, -0.2) is 60.6 Å². The van der Waals surface area contributed by atoms with Crippen molar-refractivity contribution in [3.05, 3.63) is 0 Å². The Labute approximate surface area is 97.7 Å². The summed E-state index contributed by atoms with van der Waals surface area (Å²) in [5.41, 5.74) is 2.04. The smallest absolute Gasteiger partial charge is 0.293 e. The van der Waals surface area contributed by atoms with Crippen LogP contribution in [0.2, 0.25) is 0 Å². The maximum absolute atomic E-state index is 12.1. The molecule has 3 N–H and O–H groups in total. The summed E-state index contributed by atoms with van der Waals surface area (Å²) in [5.74, 6) is 4.68. The van der Waals surface area contributed by atoms with Crippen LogP contribution in [0, 0.1) is 0 Å². The molecule has 8 heteroatoms. The molecule has 17 heavy (non-hydrogen) atoms. The molecule has 0 aliphatic carbocycles. The molecule has 1 rings (SSSR count). The average molecular weight is 254 g/mol. The van der Waals surface area contributed by atoms with E-state index in [2.05, 4.69) is 0 Å². The number of rotatable bonds is 3. The molecule has 1 aliphatic rings. The summed E-state index contributed by atoms with van der Waals surface area (Å²) in [6.07, 6.45) is -4.16. The second-order valence-electron chi connectivity index (χ2n) is 4.11. The highest BCUT2D eigenvalue weighted by Crippen LogP contribution is 2.17. The van der Waals surface area contributed by atoms with Gasteiger partial charge in [-0.15, -0.1) is 0 Å². The Hall–Kier alpha value is -0.860. The first kappa shape index (κ1) is 14.2. The maximum atomic E-state index is 12.1. The fourth-order valence-electron chi connectivity index (χ4n) is 1.85. The second-order valence-corrected chi connectivity index (χ2v) is 4.11. The Balaban J connectivity index is 2.38. The largest absolute Gasteiger partial charge is 0.401 e. The molecular formula is C9H17F3N4O. The summed E-state index contributed by atoms with van der Waals surface area (Å²) in [4.78, 5) is 14.4. The van der Waals surface area contributed by atoms with Crippen molar-refractivity contribution in [1.82, 2.24) is 15.2 Å². The van der Waals surface area contributed by atoms with Gasteiger partial charge in [0.15, 0.2) is 0 Å². The molecule has 0 bridgehead atoms. The molecule has 0 saturated carbocycles. The van der Waals surface area contributed by atoms with Gasteiger partial charge in [-0.25, -0.2) is 5.84 Å². The molecule has 100 valence electrons. The van der Waals surface area contributed by atoms with E-state index in [-0.39, 0.29) is 5.91 Å². The van der Waals surface area contributed by atoms with Gasteiger partial charge < -0.3 is 0 Å². The predicted molar refractivity (Wildman–Crippen MR) is 55.9 cm³/mol. The molecular weight excluding hydrogens is 237 g/mol. The van der Waals surface area contributed by atoms with Gasteiger partial charge in [0.2, 0.25) is 0 Å². The lowest BCUT2D eigenvalue weighted by Crippen LogP contribution is -2.55. The van der Waals surface area contributed by atoms with Crippen molar-refractivity contribution < 1.29 is 18.0 Å². The van der Waals surface area contributed by atoms with E-state index in [9.17, 15) is 18.0 Å². The van der Waals surface area contributed by atoms with Gasteiger partial charge in [0.25, 0.3) is 5.91 Å². The van der Waals surface area contributed by atoms with Gasteiger partial charge in [0.05, 0.1) is 12.6 Å². The highest BCUT2D eigenvalue weighted by atomic mass is 19.4. The van der Waals surface area contributed by atoms with E-state index in [1.54, 1.807) is 6.92 Å². The van der Waals surface area contributed by atoms with Gasteiger partial charge in [-0.05, 0) is 6.92 Å². The zero-order valence-electron chi connectivity index (χ0n) is 9.63. The van der Waals surface area contributed by atoms with E-state index >= 15 is 0 Å². The van der Waals surface area contributed by atoms with Gasteiger partial charge in [0.1, 0.15) is 0 Å². The summed E-state index contributed by atoms with van der Waals surface area (Å²) in [7, 11) is 0. The fraction of sp³-hybridized carbons (Fsp3) is 0.889. The van der Waals surface area contributed by atoms with E-state index < -0.39 is 18.8 Å². The number of hydrogen-bond donors (Lipinski definition) is 2. The molecule has 5 nitrogen and oxygen atoms in total. The Kier molecular flexibility index (Phi) is 4.72. The fourth-order valence-corrected chi connectivity index (χ4v) is 1.85. The Morgan fingerprint density at radius 2 is 1.88 bits per heavy atom. The molecule has 1 saturated heterocycles. The van der Waals surface area contributed by atoms with Crippen LogP contribution < -0.4 is 11.3 Å². The van der Waals surface area contributed by atoms with Gasteiger partial charge in [-0.3, -0.25) is 20.0 Å². The Morgan fingerprint density at radius 3 is 2.29 bits per heavy atom. The molecule has 0 spiro atoms. The lowest BCUT2D eigenvalue weighted by Gasteiger charge is -2.37. The summed E-state index contributed by atoms with van der Waals surface area (Å²) >= 11 is 0. The van der Waals surface area contributed by atoms with Crippen LogP contribution in [0.3, 0.4) is 0 Å². The molecule has 0 aromatic rings. The molecule has 1 fully saturated rings. The standard InChI is InChI=1S/C9H17F3N4O/c1-7(8(17)14-13)16-4-2-15(3-5-16)6-9(10,11)12/h7H,2-6,13H2,1H3,(H,14,17). The first-order valence-electron chi connectivity index (χ1n) is 5.37. The minimum absolute atomic E-state index is 0.307. The van der Waals surface area contributed by atoms with Crippen molar-refractivity contribution in [2.24, 2.45) is 5.84 Å². The van der Waals surface area contributed by atoms with Crippen molar-refractivity contribution in [2.45, 2.75) is 19.1 Å². The highest BCUT2D eigenvalue weighted by Gasteiger charge is 2.33. The number of piperazine rings is 1. The van der Waals surface area contributed by atoms with Crippen LogP contribution in [0.4, 0.5) is 13.2 Å². The number of carbonyl (C=O) groups is 1. The molecule has 1 atom stereocenters. The van der Waals surface area contributed by atoms with Gasteiger partial charge in [-0.1, -0.05) is 0 Å². The summed E-state index contributed by atoms with van der Waals surface area (Å²) in [5, 5.41) is 0. The highest BCUT2D eigenvalue weighted by molar-refractivity contribution is 5.80. The quantitative estimate of drug-likeness (QED) is 0.406. The normalized spacial score (nSPS) is 21.2. The zero-order chi connectivity index (χ0) is 13.1. The lowest BCUT2D eigenvalue weighted by atomic mass is 10.2. The first-order valence-corrected chi connectivity index (χ1v) is 5.37. The number of nitrogens with one attached hydrogen (secondary N) is 1. The number of nitrogens with two attached hydrogens (primary N) is 1. The van der Waals surface area contributed by atoms with Crippen LogP contribution in [0.1, 0.15) is 6.92 Å². The Bertz CT molecular complexity index is 263. The summed E-state index contributed by atoms with van der Waals surface area (Å²) < 4.78 is 36.4. The SMILES string of the molecule is CC(C(=O)NN)N1CCN(CC(F)(F)F)CC1. The number of halogens is 3. The van der Waals surface area contributed by atoms with Crippen molar-refractivity contribution in [1.29, 1.82) is 0 Å². The van der Waals surface area contributed by atoms with Crippen molar-refractivity contribution in [3.8, 4) is 0 Å². The average Bonchev–Trinajstić information content (AvgIpc) is 2.26. The van der Waals surface area contributed by atoms with Crippen LogP contribution in [0.5, 0.6) is 0 Å². The number of hydrazine groups is 1. The summed E-state index contributed by atoms with van der Waals surface area (Å²) in [6, 6.07) is -0.409. The topological polar surface area (TPSA) is 61.6 Å². The zero-order valence-corrected chi connectivity index (χ0v) is 9.63. The minimum atomic E-state index is -4.16. The van der Waals surface area contributed by atoms with Crippen molar-refractivity contribution >= 4 is 5.91 Å². The van der Waals surface area contributed by atoms with Crippen LogP contribution in [0.25, 0.3) is 0 Å². The van der Waals surface area contributed by atoms with Crippen LogP contribution >= 0.6 is 0 Å². The monoisotopic (exact) mass is 254 g/mol. The van der Waals surface area contributed by atoms with Gasteiger partial charge in [-0.2, -0.15) is 13.2 Å². The van der Waals surface area contributed by atoms with E-state index in [4.69, 9.17) is 5.84 Å². The number of carbonyl (C=O) groups excluding carboxylic acids is 1. The van der Waals surface area contributed by atoms with Crippen molar-refractivity contribution in [2.75, 3.05) is 32.7 Å². The van der Waals surface area contributed by atoms with Gasteiger partial charge >= 0.3 is 6.18 Å². The minimum Gasteiger partial charge on any atom is -0.293 e. The van der Waals surface area contributed by atoms with E-state index in [1.165, 1.54) is 4.90 Å². The molecule has 1 heterocycles. The second kappa shape index (κ2) is 5.65.